The average Bonchev–Trinajstić information content (AvgIpc) is 2.64. The summed E-state index contributed by atoms with van der Waals surface area (Å²) < 4.78 is 9.87. The SMILES string of the molecule is Brc1cc(Br)c2c(c1)oc1c(Br)ccc(Br)c12. The van der Waals surface area contributed by atoms with Crippen molar-refractivity contribution in [3.8, 4) is 0 Å². The summed E-state index contributed by atoms with van der Waals surface area (Å²) in [7, 11) is 0. The van der Waals surface area contributed by atoms with Gasteiger partial charge in [0.05, 0.1) is 4.47 Å². The molecule has 0 N–H and O–H groups in total. The van der Waals surface area contributed by atoms with Crippen molar-refractivity contribution in [1.29, 1.82) is 0 Å². The highest BCUT2D eigenvalue weighted by molar-refractivity contribution is 9.11. The van der Waals surface area contributed by atoms with Crippen molar-refractivity contribution in [1.82, 2.24) is 0 Å². The zero-order valence-electron chi connectivity index (χ0n) is 8.23. The van der Waals surface area contributed by atoms with Crippen LogP contribution in [0.5, 0.6) is 0 Å². The minimum atomic E-state index is 0.855. The first-order valence-corrected chi connectivity index (χ1v) is 7.90. The van der Waals surface area contributed by atoms with Gasteiger partial charge in [-0.3, -0.25) is 0 Å². The van der Waals surface area contributed by atoms with Crippen molar-refractivity contribution in [2.24, 2.45) is 0 Å². The summed E-state index contributed by atoms with van der Waals surface area (Å²) in [5.74, 6) is 0. The highest BCUT2D eigenvalue weighted by Gasteiger charge is 2.15. The average molecular weight is 484 g/mol. The monoisotopic (exact) mass is 480 g/mol. The predicted molar refractivity (Wildman–Crippen MR) is 84.5 cm³/mol. The molecule has 86 valence electrons. The lowest BCUT2D eigenvalue weighted by molar-refractivity contribution is 0.666. The Morgan fingerprint density at radius 2 is 1.47 bits per heavy atom. The summed E-state index contributed by atoms with van der Waals surface area (Å²) in [6.45, 7) is 0. The Hall–Kier alpha value is 0.160. The van der Waals surface area contributed by atoms with Crippen LogP contribution in [0.15, 0.2) is 46.6 Å². The highest BCUT2D eigenvalue weighted by Crippen LogP contribution is 2.42. The molecule has 1 heterocycles. The van der Waals surface area contributed by atoms with Crippen LogP contribution in [0, 0.1) is 0 Å². The molecule has 0 saturated carbocycles. The van der Waals surface area contributed by atoms with E-state index in [2.05, 4.69) is 63.7 Å². The lowest BCUT2D eigenvalue weighted by Crippen LogP contribution is -1.73. The molecule has 0 aliphatic rings. The summed E-state index contributed by atoms with van der Waals surface area (Å²) in [6.07, 6.45) is 0. The van der Waals surface area contributed by atoms with Crippen LogP contribution in [0.3, 0.4) is 0 Å². The first-order valence-electron chi connectivity index (χ1n) is 4.73. The zero-order chi connectivity index (χ0) is 12.2. The van der Waals surface area contributed by atoms with E-state index in [1.165, 1.54) is 0 Å². The van der Waals surface area contributed by atoms with E-state index in [1.807, 2.05) is 24.3 Å². The van der Waals surface area contributed by atoms with Gasteiger partial charge in [0.1, 0.15) is 5.58 Å². The summed E-state index contributed by atoms with van der Waals surface area (Å²) in [6, 6.07) is 7.97. The fraction of sp³-hybridized carbons (Fsp3) is 0. The van der Waals surface area contributed by atoms with Gasteiger partial charge in [0.2, 0.25) is 0 Å². The number of hydrogen-bond donors (Lipinski definition) is 0. The van der Waals surface area contributed by atoms with Gasteiger partial charge in [-0.2, -0.15) is 0 Å². The van der Waals surface area contributed by atoms with Gasteiger partial charge in [-0.1, -0.05) is 31.9 Å². The summed E-state index contributed by atoms with van der Waals surface area (Å²) in [5.41, 5.74) is 1.71. The third-order valence-electron chi connectivity index (χ3n) is 2.54. The van der Waals surface area contributed by atoms with Crippen molar-refractivity contribution in [2.75, 3.05) is 0 Å². The van der Waals surface area contributed by atoms with E-state index < -0.39 is 0 Å². The van der Waals surface area contributed by atoms with Crippen molar-refractivity contribution in [2.45, 2.75) is 0 Å². The second-order valence-electron chi connectivity index (χ2n) is 3.60. The van der Waals surface area contributed by atoms with E-state index in [-0.39, 0.29) is 0 Å². The molecular weight excluding hydrogens is 480 g/mol. The lowest BCUT2D eigenvalue weighted by atomic mass is 10.1. The molecule has 3 rings (SSSR count). The van der Waals surface area contributed by atoms with Crippen LogP contribution in [0.25, 0.3) is 21.9 Å². The maximum absolute atomic E-state index is 5.89. The predicted octanol–water partition coefficient (Wildman–Crippen LogP) is 6.64. The molecule has 0 fully saturated rings. The third-order valence-corrected chi connectivity index (χ3v) is 4.91. The first kappa shape index (κ1) is 12.2. The molecule has 0 aliphatic heterocycles. The maximum atomic E-state index is 5.89. The Balaban J connectivity index is 2.65. The molecule has 0 spiro atoms. The molecule has 1 aromatic heterocycles. The largest absolute Gasteiger partial charge is 0.455 e. The van der Waals surface area contributed by atoms with Crippen molar-refractivity contribution < 1.29 is 4.42 Å². The van der Waals surface area contributed by atoms with Gasteiger partial charge in [0.25, 0.3) is 0 Å². The molecule has 3 aromatic rings. The van der Waals surface area contributed by atoms with E-state index in [9.17, 15) is 0 Å². The number of rotatable bonds is 0. The number of benzene rings is 2. The minimum Gasteiger partial charge on any atom is -0.455 e. The molecule has 2 aromatic carbocycles. The molecule has 0 aliphatic carbocycles. The summed E-state index contributed by atoms with van der Waals surface area (Å²) in [5, 5.41) is 2.16. The molecule has 0 amide bonds. The van der Waals surface area contributed by atoms with E-state index in [1.54, 1.807) is 0 Å². The minimum absolute atomic E-state index is 0.855. The van der Waals surface area contributed by atoms with E-state index in [0.717, 1.165) is 39.8 Å². The molecule has 5 heteroatoms. The van der Waals surface area contributed by atoms with Gasteiger partial charge >= 0.3 is 0 Å². The Morgan fingerprint density at radius 3 is 2.24 bits per heavy atom. The number of furan rings is 1. The van der Waals surface area contributed by atoms with Gasteiger partial charge in [-0.05, 0) is 56.1 Å². The van der Waals surface area contributed by atoms with Crippen LogP contribution in [0.2, 0.25) is 0 Å². The molecule has 0 unspecified atom stereocenters. The third kappa shape index (κ3) is 1.91. The molecule has 1 nitrogen and oxygen atoms in total. The Kier molecular flexibility index (Phi) is 3.14. The molecule has 0 saturated heterocycles. The summed E-state index contributed by atoms with van der Waals surface area (Å²) >= 11 is 14.1. The number of hydrogen-bond acceptors (Lipinski definition) is 1. The van der Waals surface area contributed by atoms with Crippen LogP contribution in [0.4, 0.5) is 0 Å². The molecular formula is C12H4Br4O. The molecule has 0 atom stereocenters. The fourth-order valence-corrected chi connectivity index (χ4v) is 4.16. The van der Waals surface area contributed by atoms with E-state index in [4.69, 9.17) is 4.42 Å². The smallest absolute Gasteiger partial charge is 0.150 e. The highest BCUT2D eigenvalue weighted by atomic mass is 79.9. The number of halogens is 4. The topological polar surface area (TPSA) is 13.1 Å². The second kappa shape index (κ2) is 4.37. The van der Waals surface area contributed by atoms with Crippen LogP contribution in [-0.4, -0.2) is 0 Å². The lowest BCUT2D eigenvalue weighted by Gasteiger charge is -1.98. The van der Waals surface area contributed by atoms with Crippen LogP contribution in [0.1, 0.15) is 0 Å². The number of fused-ring (bicyclic) bond motifs is 3. The van der Waals surface area contributed by atoms with Gasteiger partial charge in [0.15, 0.2) is 5.58 Å². The van der Waals surface area contributed by atoms with Gasteiger partial charge < -0.3 is 4.42 Å². The molecule has 0 bridgehead atoms. The van der Waals surface area contributed by atoms with Crippen LogP contribution in [-0.2, 0) is 0 Å². The molecule has 0 radical (unpaired) electrons. The van der Waals surface area contributed by atoms with Crippen molar-refractivity contribution in [3.63, 3.8) is 0 Å². The zero-order valence-corrected chi connectivity index (χ0v) is 14.6. The normalized spacial score (nSPS) is 11.5. The van der Waals surface area contributed by atoms with Crippen molar-refractivity contribution in [3.05, 3.63) is 42.2 Å². The standard InChI is InChI=1S/C12H4Br4O/c13-5-3-8(16)10-9(4-5)17-12-7(15)2-1-6(14)11(10)12/h1-4H. The van der Waals surface area contributed by atoms with Crippen molar-refractivity contribution >= 4 is 85.7 Å². The molecule has 17 heavy (non-hydrogen) atoms. The first-order chi connectivity index (χ1) is 8.08. The van der Waals surface area contributed by atoms with Crippen LogP contribution >= 0.6 is 63.7 Å². The van der Waals surface area contributed by atoms with Gasteiger partial charge in [-0.25, -0.2) is 0 Å². The van der Waals surface area contributed by atoms with E-state index in [0.29, 0.717) is 0 Å². The fourth-order valence-electron chi connectivity index (χ4n) is 1.85. The van der Waals surface area contributed by atoms with Gasteiger partial charge in [0, 0.05) is 24.2 Å². The Bertz CT molecular complexity index is 745. The van der Waals surface area contributed by atoms with Crippen LogP contribution < -0.4 is 0 Å². The maximum Gasteiger partial charge on any atom is 0.150 e. The second-order valence-corrected chi connectivity index (χ2v) is 7.07. The van der Waals surface area contributed by atoms with E-state index >= 15 is 0 Å². The quantitative estimate of drug-likeness (QED) is 0.349. The summed E-state index contributed by atoms with van der Waals surface area (Å²) in [4.78, 5) is 0. The Morgan fingerprint density at radius 1 is 0.765 bits per heavy atom. The van der Waals surface area contributed by atoms with Gasteiger partial charge in [-0.15, -0.1) is 0 Å². The Labute approximate surface area is 131 Å².